The van der Waals surface area contributed by atoms with Crippen LogP contribution in [0.25, 0.3) is 11.2 Å². The van der Waals surface area contributed by atoms with Crippen molar-refractivity contribution in [3.8, 4) is 0 Å². The zero-order valence-corrected chi connectivity index (χ0v) is 8.97. The summed E-state index contributed by atoms with van der Waals surface area (Å²) in [4.78, 5) is 6.28. The second kappa shape index (κ2) is 3.67. The lowest BCUT2D eigenvalue weighted by Crippen LogP contribution is -2.13. The first kappa shape index (κ1) is 12.8. The number of hydrogen-bond acceptors (Lipinski definition) is 3. The summed E-state index contributed by atoms with van der Waals surface area (Å²) in [6, 6.07) is 0.581. The van der Waals surface area contributed by atoms with E-state index in [0.29, 0.717) is 12.3 Å². The van der Waals surface area contributed by atoms with Crippen LogP contribution in [0.5, 0.6) is 0 Å². The molecule has 0 unspecified atom stereocenters. The summed E-state index contributed by atoms with van der Waals surface area (Å²) in [5.74, 6) is -1.65. The molecule has 0 aliphatic rings. The van der Waals surface area contributed by atoms with Gasteiger partial charge >= 0.3 is 11.6 Å². The minimum absolute atomic E-state index is 0.353. The smallest absolute Gasteiger partial charge is 0.426 e. The van der Waals surface area contributed by atoms with E-state index in [2.05, 4.69) is 9.97 Å². The van der Waals surface area contributed by atoms with Gasteiger partial charge in [0.15, 0.2) is 5.65 Å². The number of pyridine rings is 1. The van der Waals surface area contributed by atoms with E-state index in [-0.39, 0.29) is 4.73 Å². The van der Waals surface area contributed by atoms with Gasteiger partial charge in [-0.15, -0.1) is 0 Å². The molecule has 98 valence electrons. The van der Waals surface area contributed by atoms with Crippen LogP contribution in [0.2, 0.25) is 0 Å². The third-order valence-electron chi connectivity index (χ3n) is 2.07. The third kappa shape index (κ3) is 2.05. The minimum Gasteiger partial charge on any atom is -0.426 e. The van der Waals surface area contributed by atoms with E-state index in [9.17, 15) is 27.2 Å². The van der Waals surface area contributed by atoms with Crippen molar-refractivity contribution in [3.63, 3.8) is 0 Å². The molecule has 10 heteroatoms. The van der Waals surface area contributed by atoms with Crippen molar-refractivity contribution in [2.75, 3.05) is 0 Å². The van der Waals surface area contributed by atoms with Gasteiger partial charge in [-0.3, -0.25) is 0 Å². The Bertz CT molecular complexity index is 603. The molecule has 0 fully saturated rings. The van der Waals surface area contributed by atoms with Gasteiger partial charge in [0, 0.05) is 6.20 Å². The monoisotopic (exact) mass is 287 g/mol. The van der Waals surface area contributed by atoms with Gasteiger partial charge in [0.2, 0.25) is 0 Å². The highest BCUT2D eigenvalue weighted by atomic mass is 35.5. The second-order valence-corrected chi connectivity index (χ2v) is 3.78. The fourth-order valence-corrected chi connectivity index (χ4v) is 1.39. The Hall–Kier alpha value is -1.64. The Kier molecular flexibility index (Phi) is 2.61. The Morgan fingerprint density at radius 3 is 2.33 bits per heavy atom. The molecule has 0 saturated heterocycles. The van der Waals surface area contributed by atoms with Gasteiger partial charge in [-0.05, 0) is 17.7 Å². The molecule has 0 aliphatic carbocycles. The van der Waals surface area contributed by atoms with E-state index in [0.717, 1.165) is 0 Å². The molecule has 1 N–H and O–H groups in total. The summed E-state index contributed by atoms with van der Waals surface area (Å²) in [5, 5.41) is 5.42. The number of alkyl halides is 6. The molecule has 0 aliphatic heterocycles. The Balaban J connectivity index is 2.68. The summed E-state index contributed by atoms with van der Waals surface area (Å²) in [5.41, 5.74) is -1.98. The van der Waals surface area contributed by atoms with Gasteiger partial charge in [0.1, 0.15) is 5.52 Å². The SMILES string of the molecule is On1c(C(F)(F)F)nc2ncc(C(F)(F)Cl)cc21. The van der Waals surface area contributed by atoms with Gasteiger partial charge in [0.25, 0.3) is 5.82 Å². The molecule has 2 aromatic heterocycles. The Morgan fingerprint density at radius 2 is 1.83 bits per heavy atom. The van der Waals surface area contributed by atoms with Crippen LogP contribution in [0, 0.1) is 0 Å². The summed E-state index contributed by atoms with van der Waals surface area (Å²) in [6.45, 7) is 0. The maximum atomic E-state index is 12.7. The molecular weight excluding hydrogens is 285 g/mol. The van der Waals surface area contributed by atoms with Crippen molar-refractivity contribution in [1.82, 2.24) is 14.7 Å². The van der Waals surface area contributed by atoms with Crippen LogP contribution in [0.15, 0.2) is 12.3 Å². The minimum atomic E-state index is -4.93. The van der Waals surface area contributed by atoms with Crippen LogP contribution >= 0.6 is 11.6 Å². The molecule has 2 heterocycles. The molecule has 0 saturated carbocycles. The number of hydrogen-bond donors (Lipinski definition) is 1. The van der Waals surface area contributed by atoms with Crippen LogP contribution in [0.1, 0.15) is 11.4 Å². The quantitative estimate of drug-likeness (QED) is 0.498. The molecule has 4 nitrogen and oxygen atoms in total. The average molecular weight is 288 g/mol. The molecule has 0 aromatic carbocycles. The van der Waals surface area contributed by atoms with Gasteiger partial charge < -0.3 is 5.21 Å². The van der Waals surface area contributed by atoms with Gasteiger partial charge in [0.05, 0.1) is 5.56 Å². The number of aromatic nitrogens is 3. The molecule has 0 amide bonds. The van der Waals surface area contributed by atoms with E-state index < -0.39 is 34.1 Å². The largest absolute Gasteiger partial charge is 0.453 e. The highest BCUT2D eigenvalue weighted by Crippen LogP contribution is 2.35. The Morgan fingerprint density at radius 1 is 1.22 bits per heavy atom. The van der Waals surface area contributed by atoms with Crippen molar-refractivity contribution in [2.24, 2.45) is 0 Å². The highest BCUT2D eigenvalue weighted by molar-refractivity contribution is 6.21. The lowest BCUT2D eigenvalue weighted by Gasteiger charge is -2.07. The topological polar surface area (TPSA) is 50.9 Å². The predicted molar refractivity (Wildman–Crippen MR) is 49.5 cm³/mol. The number of halogens is 6. The molecule has 0 atom stereocenters. The molecule has 0 spiro atoms. The van der Waals surface area contributed by atoms with Crippen molar-refractivity contribution < 1.29 is 27.2 Å². The molecule has 18 heavy (non-hydrogen) atoms. The van der Waals surface area contributed by atoms with Crippen LogP contribution in [-0.4, -0.2) is 19.9 Å². The van der Waals surface area contributed by atoms with E-state index in [1.165, 1.54) is 0 Å². The summed E-state index contributed by atoms with van der Waals surface area (Å²) in [6.07, 6.45) is -4.35. The van der Waals surface area contributed by atoms with Crippen LogP contribution in [-0.2, 0) is 11.6 Å². The number of nitrogens with zero attached hydrogens (tertiary/aromatic N) is 3. The first-order chi connectivity index (χ1) is 8.10. The first-order valence-electron chi connectivity index (χ1n) is 4.33. The molecule has 2 rings (SSSR count). The fourth-order valence-electron chi connectivity index (χ4n) is 1.29. The van der Waals surface area contributed by atoms with Crippen LogP contribution < -0.4 is 0 Å². The number of imidazole rings is 1. The van der Waals surface area contributed by atoms with E-state index in [1.54, 1.807) is 0 Å². The fraction of sp³-hybridized carbons (Fsp3) is 0.250. The van der Waals surface area contributed by atoms with Gasteiger partial charge in [-0.25, -0.2) is 9.97 Å². The number of fused-ring (bicyclic) bond motifs is 1. The zero-order chi connectivity index (χ0) is 13.7. The van der Waals surface area contributed by atoms with Crippen molar-refractivity contribution in [2.45, 2.75) is 11.6 Å². The molecular formula is C8H3ClF5N3O. The maximum Gasteiger partial charge on any atom is 0.453 e. The van der Waals surface area contributed by atoms with Crippen LogP contribution in [0.4, 0.5) is 22.0 Å². The average Bonchev–Trinajstić information content (AvgIpc) is 2.54. The predicted octanol–water partition coefficient (Wildman–Crippen LogP) is 2.98. The summed E-state index contributed by atoms with van der Waals surface area (Å²) < 4.78 is 62.3. The molecule has 0 bridgehead atoms. The van der Waals surface area contributed by atoms with Crippen molar-refractivity contribution in [1.29, 1.82) is 0 Å². The zero-order valence-electron chi connectivity index (χ0n) is 8.21. The molecule has 0 radical (unpaired) electrons. The van der Waals surface area contributed by atoms with E-state index in [1.807, 2.05) is 0 Å². The van der Waals surface area contributed by atoms with Gasteiger partial charge in [-0.1, -0.05) is 0 Å². The van der Waals surface area contributed by atoms with E-state index in [4.69, 9.17) is 11.6 Å². The Labute approximate surface area is 101 Å². The summed E-state index contributed by atoms with van der Waals surface area (Å²) >= 11 is 4.70. The van der Waals surface area contributed by atoms with Gasteiger partial charge in [-0.2, -0.15) is 26.7 Å². The number of rotatable bonds is 1. The standard InChI is InChI=1S/C8H3ClF5N3O/c9-7(10,11)3-1-4-5(15-2-3)16-6(17(4)18)8(12,13)14/h1-2,18H. The third-order valence-corrected chi connectivity index (χ3v) is 2.29. The maximum absolute atomic E-state index is 12.7. The highest BCUT2D eigenvalue weighted by Gasteiger charge is 2.39. The summed E-state index contributed by atoms with van der Waals surface area (Å²) in [7, 11) is 0. The lowest BCUT2D eigenvalue weighted by molar-refractivity contribution is -0.153. The van der Waals surface area contributed by atoms with E-state index >= 15 is 0 Å². The normalized spacial score (nSPS) is 13.2. The van der Waals surface area contributed by atoms with Crippen molar-refractivity contribution in [3.05, 3.63) is 23.7 Å². The molecule has 2 aromatic rings. The first-order valence-corrected chi connectivity index (χ1v) is 4.70. The van der Waals surface area contributed by atoms with Crippen molar-refractivity contribution >= 4 is 22.8 Å². The second-order valence-electron chi connectivity index (χ2n) is 3.31. The lowest BCUT2D eigenvalue weighted by atomic mass is 10.3. The van der Waals surface area contributed by atoms with Crippen LogP contribution in [0.3, 0.4) is 0 Å².